The Labute approximate surface area is 99.3 Å². The molecule has 1 aliphatic heterocycles. The summed E-state index contributed by atoms with van der Waals surface area (Å²) in [6.45, 7) is 4.79. The lowest BCUT2D eigenvalue weighted by molar-refractivity contribution is 0.619. The molecule has 1 aliphatic rings. The summed E-state index contributed by atoms with van der Waals surface area (Å²) in [5.74, 6) is 1.52. The number of hydrogen-bond donors (Lipinski definition) is 1. The molecule has 1 N–H and O–H groups in total. The maximum atomic E-state index is 13.3. The molecule has 0 radical (unpaired) electrons. The Bertz CT molecular complexity index is 417. The van der Waals surface area contributed by atoms with Crippen LogP contribution >= 0.6 is 11.8 Å². The van der Waals surface area contributed by atoms with Crippen LogP contribution in [0.2, 0.25) is 0 Å². The average Bonchev–Trinajstić information content (AvgIpc) is 2.27. The SMILES string of the molecule is Cc1ccc(NC2=NCC(C)CS2)cc1F. The molecule has 1 aromatic rings. The first-order chi connectivity index (χ1) is 7.65. The van der Waals surface area contributed by atoms with Gasteiger partial charge in [0.15, 0.2) is 5.17 Å². The monoisotopic (exact) mass is 238 g/mol. The molecule has 0 amide bonds. The van der Waals surface area contributed by atoms with E-state index >= 15 is 0 Å². The topological polar surface area (TPSA) is 24.4 Å². The predicted molar refractivity (Wildman–Crippen MR) is 68.7 cm³/mol. The normalized spacial score (nSPS) is 20.4. The van der Waals surface area contributed by atoms with Crippen LogP contribution in [-0.4, -0.2) is 17.5 Å². The largest absolute Gasteiger partial charge is 0.335 e. The van der Waals surface area contributed by atoms with Crippen molar-refractivity contribution in [3.05, 3.63) is 29.6 Å². The third kappa shape index (κ3) is 2.76. The van der Waals surface area contributed by atoms with Crippen molar-refractivity contribution in [2.24, 2.45) is 10.9 Å². The number of nitrogens with zero attached hydrogens (tertiary/aromatic N) is 1. The summed E-state index contributed by atoms with van der Waals surface area (Å²) in [5.41, 5.74) is 1.43. The molecule has 1 heterocycles. The number of benzene rings is 1. The molecule has 1 unspecified atom stereocenters. The average molecular weight is 238 g/mol. The van der Waals surface area contributed by atoms with Gasteiger partial charge >= 0.3 is 0 Å². The minimum atomic E-state index is -0.181. The number of aliphatic imine (C=N–C) groups is 1. The molecule has 2 rings (SSSR count). The summed E-state index contributed by atoms with van der Waals surface area (Å²) >= 11 is 1.69. The zero-order chi connectivity index (χ0) is 11.5. The molecule has 0 saturated heterocycles. The lowest BCUT2D eigenvalue weighted by Crippen LogP contribution is -2.18. The van der Waals surface area contributed by atoms with Crippen molar-refractivity contribution < 1.29 is 4.39 Å². The van der Waals surface area contributed by atoms with Crippen LogP contribution in [0.15, 0.2) is 23.2 Å². The molecule has 0 aromatic heterocycles. The highest BCUT2D eigenvalue weighted by Crippen LogP contribution is 2.20. The van der Waals surface area contributed by atoms with Crippen LogP contribution in [0.1, 0.15) is 12.5 Å². The number of thioether (sulfide) groups is 1. The van der Waals surface area contributed by atoms with E-state index in [-0.39, 0.29) is 5.82 Å². The van der Waals surface area contributed by atoms with E-state index in [4.69, 9.17) is 0 Å². The third-order valence-corrected chi connectivity index (χ3v) is 3.71. The van der Waals surface area contributed by atoms with Gasteiger partial charge in [0.05, 0.1) is 0 Å². The molecule has 1 atom stereocenters. The van der Waals surface area contributed by atoms with Gasteiger partial charge in [-0.15, -0.1) is 0 Å². The summed E-state index contributed by atoms with van der Waals surface area (Å²) in [6.07, 6.45) is 0. The van der Waals surface area contributed by atoms with E-state index in [1.54, 1.807) is 24.8 Å². The second-order valence-corrected chi connectivity index (χ2v) is 5.16. The highest BCUT2D eigenvalue weighted by Gasteiger charge is 2.12. The van der Waals surface area contributed by atoms with Crippen molar-refractivity contribution in [2.45, 2.75) is 13.8 Å². The van der Waals surface area contributed by atoms with Crippen LogP contribution in [0.25, 0.3) is 0 Å². The van der Waals surface area contributed by atoms with E-state index in [0.717, 1.165) is 23.2 Å². The summed E-state index contributed by atoms with van der Waals surface area (Å²) in [4.78, 5) is 4.40. The van der Waals surface area contributed by atoms with Gasteiger partial charge in [-0.1, -0.05) is 24.8 Å². The predicted octanol–water partition coefficient (Wildman–Crippen LogP) is 3.28. The fourth-order valence-corrected chi connectivity index (χ4v) is 2.33. The fourth-order valence-electron chi connectivity index (χ4n) is 1.43. The van der Waals surface area contributed by atoms with E-state index in [1.807, 2.05) is 6.07 Å². The Kier molecular flexibility index (Phi) is 3.49. The van der Waals surface area contributed by atoms with Gasteiger partial charge in [-0.05, 0) is 30.5 Å². The molecule has 1 aromatic carbocycles. The van der Waals surface area contributed by atoms with Crippen molar-refractivity contribution in [1.82, 2.24) is 0 Å². The van der Waals surface area contributed by atoms with E-state index in [2.05, 4.69) is 17.2 Å². The fraction of sp³-hybridized carbons (Fsp3) is 0.417. The lowest BCUT2D eigenvalue weighted by Gasteiger charge is -2.18. The Morgan fingerprint density at radius 3 is 2.94 bits per heavy atom. The number of hydrogen-bond acceptors (Lipinski definition) is 3. The molecule has 0 saturated carbocycles. The van der Waals surface area contributed by atoms with Crippen molar-refractivity contribution in [2.75, 3.05) is 17.6 Å². The summed E-state index contributed by atoms with van der Waals surface area (Å²) in [5, 5.41) is 4.03. The maximum absolute atomic E-state index is 13.3. The van der Waals surface area contributed by atoms with Crippen LogP contribution in [0.3, 0.4) is 0 Å². The Balaban J connectivity index is 2.06. The van der Waals surface area contributed by atoms with E-state index < -0.39 is 0 Å². The molecule has 4 heteroatoms. The number of amidine groups is 1. The minimum absolute atomic E-state index is 0.181. The molecule has 86 valence electrons. The molecule has 0 fully saturated rings. The maximum Gasteiger partial charge on any atom is 0.161 e. The summed E-state index contributed by atoms with van der Waals surface area (Å²) < 4.78 is 13.3. The Morgan fingerprint density at radius 2 is 2.31 bits per heavy atom. The van der Waals surface area contributed by atoms with E-state index in [1.165, 1.54) is 6.07 Å². The molecule has 16 heavy (non-hydrogen) atoms. The standard InChI is InChI=1S/C12H15FN2S/c1-8-6-14-12(16-7-8)15-10-4-3-9(2)11(13)5-10/h3-5,8H,6-7H2,1-2H3,(H,14,15). The first-order valence-corrected chi connectivity index (χ1v) is 6.34. The lowest BCUT2D eigenvalue weighted by atomic mass is 10.2. The highest BCUT2D eigenvalue weighted by atomic mass is 32.2. The second kappa shape index (κ2) is 4.87. The Morgan fingerprint density at radius 1 is 1.50 bits per heavy atom. The van der Waals surface area contributed by atoms with Crippen molar-refractivity contribution in [1.29, 1.82) is 0 Å². The van der Waals surface area contributed by atoms with Crippen molar-refractivity contribution >= 4 is 22.6 Å². The summed E-state index contributed by atoms with van der Waals surface area (Å²) in [6, 6.07) is 5.16. The molecular weight excluding hydrogens is 223 g/mol. The van der Waals surface area contributed by atoms with Crippen LogP contribution < -0.4 is 5.32 Å². The first-order valence-electron chi connectivity index (χ1n) is 5.35. The Hall–Kier alpha value is -1.03. The highest BCUT2D eigenvalue weighted by molar-refractivity contribution is 8.14. The minimum Gasteiger partial charge on any atom is -0.335 e. The smallest absolute Gasteiger partial charge is 0.161 e. The van der Waals surface area contributed by atoms with Gasteiger partial charge < -0.3 is 5.32 Å². The molecule has 0 aliphatic carbocycles. The van der Waals surface area contributed by atoms with Crippen molar-refractivity contribution in [3.63, 3.8) is 0 Å². The third-order valence-electron chi connectivity index (χ3n) is 2.47. The number of aryl methyl sites for hydroxylation is 1. The molecule has 0 spiro atoms. The zero-order valence-corrected chi connectivity index (χ0v) is 10.3. The number of halogens is 1. The molecule has 0 bridgehead atoms. The quantitative estimate of drug-likeness (QED) is 0.812. The van der Waals surface area contributed by atoms with Gasteiger partial charge in [0.2, 0.25) is 0 Å². The van der Waals surface area contributed by atoms with Crippen molar-refractivity contribution in [3.8, 4) is 0 Å². The van der Waals surface area contributed by atoms with Gasteiger partial charge in [0, 0.05) is 18.0 Å². The van der Waals surface area contributed by atoms with Crippen LogP contribution in [0, 0.1) is 18.7 Å². The number of nitrogens with one attached hydrogen (secondary N) is 1. The first kappa shape index (κ1) is 11.5. The van der Waals surface area contributed by atoms with Crippen LogP contribution in [-0.2, 0) is 0 Å². The zero-order valence-electron chi connectivity index (χ0n) is 9.46. The van der Waals surface area contributed by atoms with Gasteiger partial charge in [0.25, 0.3) is 0 Å². The van der Waals surface area contributed by atoms with Gasteiger partial charge in [0.1, 0.15) is 5.82 Å². The van der Waals surface area contributed by atoms with Crippen LogP contribution in [0.4, 0.5) is 10.1 Å². The second-order valence-electron chi connectivity index (χ2n) is 4.15. The molecular formula is C12H15FN2S. The van der Waals surface area contributed by atoms with E-state index in [9.17, 15) is 4.39 Å². The number of anilines is 1. The summed E-state index contributed by atoms with van der Waals surface area (Å²) in [7, 11) is 0. The van der Waals surface area contributed by atoms with Gasteiger partial charge in [-0.3, -0.25) is 4.99 Å². The van der Waals surface area contributed by atoms with Gasteiger partial charge in [-0.25, -0.2) is 4.39 Å². The van der Waals surface area contributed by atoms with Gasteiger partial charge in [-0.2, -0.15) is 0 Å². The number of rotatable bonds is 1. The van der Waals surface area contributed by atoms with E-state index in [0.29, 0.717) is 11.5 Å². The molecule has 2 nitrogen and oxygen atoms in total. The van der Waals surface area contributed by atoms with Crippen LogP contribution in [0.5, 0.6) is 0 Å².